The molecular weight excluding hydrogens is 446 g/mol. The molecule has 0 aliphatic carbocycles. The summed E-state index contributed by atoms with van der Waals surface area (Å²) in [5.41, 5.74) is 2.58. The van der Waals surface area contributed by atoms with E-state index in [0.29, 0.717) is 17.2 Å². The SMILES string of the molecule is Cc1cc(Oc2ccc(N(C(=O)OCc3ccccc3)C(=O)OCc3ccccc3)cc2)cnn1. The monoisotopic (exact) mass is 469 g/mol. The van der Waals surface area contributed by atoms with Gasteiger partial charge in [-0.3, -0.25) is 0 Å². The highest BCUT2D eigenvalue weighted by molar-refractivity contribution is 6.09. The molecule has 2 amide bonds. The largest absolute Gasteiger partial charge is 0.456 e. The number of carbonyl (C=O) groups is 2. The summed E-state index contributed by atoms with van der Waals surface area (Å²) in [4.78, 5) is 26.7. The number of hydrogen-bond acceptors (Lipinski definition) is 7. The maximum atomic E-state index is 12.9. The summed E-state index contributed by atoms with van der Waals surface area (Å²) in [7, 11) is 0. The van der Waals surface area contributed by atoms with Crippen LogP contribution in [0.3, 0.4) is 0 Å². The van der Waals surface area contributed by atoms with Crippen LogP contribution in [0.25, 0.3) is 0 Å². The number of aromatic nitrogens is 2. The lowest BCUT2D eigenvalue weighted by atomic mass is 10.2. The Hall–Kier alpha value is -4.72. The van der Waals surface area contributed by atoms with Crippen molar-refractivity contribution < 1.29 is 23.8 Å². The molecule has 0 N–H and O–H groups in total. The molecule has 8 heteroatoms. The number of imide groups is 1. The van der Waals surface area contributed by atoms with Crippen LogP contribution in [0.15, 0.2) is 97.2 Å². The highest BCUT2D eigenvalue weighted by atomic mass is 16.6. The molecule has 4 rings (SSSR count). The van der Waals surface area contributed by atoms with Crippen LogP contribution in [0.4, 0.5) is 15.3 Å². The van der Waals surface area contributed by atoms with Crippen molar-refractivity contribution in [3.05, 3.63) is 114 Å². The fraction of sp³-hybridized carbons (Fsp3) is 0.111. The molecule has 0 aliphatic heterocycles. The molecule has 35 heavy (non-hydrogen) atoms. The van der Waals surface area contributed by atoms with E-state index in [1.165, 1.54) is 6.20 Å². The molecule has 0 saturated heterocycles. The molecule has 1 aromatic heterocycles. The molecule has 0 fully saturated rings. The average molecular weight is 469 g/mol. The summed E-state index contributed by atoms with van der Waals surface area (Å²) < 4.78 is 16.6. The average Bonchev–Trinajstić information content (AvgIpc) is 2.89. The highest BCUT2D eigenvalue weighted by Gasteiger charge is 2.27. The van der Waals surface area contributed by atoms with Gasteiger partial charge in [-0.15, -0.1) is 0 Å². The number of benzene rings is 3. The zero-order chi connectivity index (χ0) is 24.5. The smallest absolute Gasteiger partial charge is 0.424 e. The summed E-state index contributed by atoms with van der Waals surface area (Å²) in [6.07, 6.45) is -0.209. The molecule has 1 heterocycles. The zero-order valence-corrected chi connectivity index (χ0v) is 19.0. The molecule has 0 aliphatic rings. The van der Waals surface area contributed by atoms with E-state index in [9.17, 15) is 9.59 Å². The van der Waals surface area contributed by atoms with Crippen LogP contribution in [-0.4, -0.2) is 22.4 Å². The van der Waals surface area contributed by atoms with Crippen molar-refractivity contribution in [1.29, 1.82) is 0 Å². The standard InChI is InChI=1S/C27H23N3O5/c1-20-16-25(17-28-29-20)35-24-14-12-23(13-15-24)30(26(31)33-18-21-8-4-2-5-9-21)27(32)34-19-22-10-6-3-7-11-22/h2-17H,18-19H2,1H3. The predicted octanol–water partition coefficient (Wildman–Crippen LogP) is 6.06. The van der Waals surface area contributed by atoms with Gasteiger partial charge < -0.3 is 14.2 Å². The van der Waals surface area contributed by atoms with Crippen molar-refractivity contribution in [3.8, 4) is 11.5 Å². The Morgan fingerprint density at radius 1 is 0.743 bits per heavy atom. The number of hydrogen-bond donors (Lipinski definition) is 0. The van der Waals surface area contributed by atoms with Crippen LogP contribution in [0.2, 0.25) is 0 Å². The first-order valence-corrected chi connectivity index (χ1v) is 10.9. The summed E-state index contributed by atoms with van der Waals surface area (Å²) >= 11 is 0. The second-order valence-corrected chi connectivity index (χ2v) is 7.54. The maximum absolute atomic E-state index is 12.9. The van der Waals surface area contributed by atoms with Gasteiger partial charge in [0.1, 0.15) is 24.7 Å². The van der Waals surface area contributed by atoms with Gasteiger partial charge in [-0.05, 0) is 42.3 Å². The number of aryl methyl sites for hydroxylation is 1. The van der Waals surface area contributed by atoms with Crippen LogP contribution in [0.5, 0.6) is 11.5 Å². The first-order chi connectivity index (χ1) is 17.1. The number of ether oxygens (including phenoxy) is 3. The van der Waals surface area contributed by atoms with E-state index >= 15 is 0 Å². The third-order valence-electron chi connectivity index (χ3n) is 4.86. The minimum absolute atomic E-state index is 0.0116. The van der Waals surface area contributed by atoms with Gasteiger partial charge in [0.05, 0.1) is 17.6 Å². The molecule has 3 aromatic carbocycles. The second-order valence-electron chi connectivity index (χ2n) is 7.54. The Labute approximate surface area is 202 Å². The molecule has 176 valence electrons. The molecule has 8 nitrogen and oxygen atoms in total. The van der Waals surface area contributed by atoms with E-state index in [0.717, 1.165) is 16.0 Å². The quantitative estimate of drug-likeness (QED) is 0.325. The van der Waals surface area contributed by atoms with Gasteiger partial charge in [-0.2, -0.15) is 15.1 Å². The lowest BCUT2D eigenvalue weighted by molar-refractivity contribution is 0.127. The number of nitrogens with zero attached hydrogens (tertiary/aromatic N) is 3. The van der Waals surface area contributed by atoms with Gasteiger partial charge in [-0.25, -0.2) is 9.59 Å². The molecular formula is C27H23N3O5. The molecule has 0 atom stereocenters. The van der Waals surface area contributed by atoms with Gasteiger partial charge in [0.2, 0.25) is 0 Å². The van der Waals surface area contributed by atoms with Crippen molar-refractivity contribution in [3.63, 3.8) is 0 Å². The summed E-state index contributed by atoms with van der Waals surface area (Å²) in [5, 5.41) is 7.75. The zero-order valence-electron chi connectivity index (χ0n) is 19.0. The van der Waals surface area contributed by atoms with Crippen molar-refractivity contribution in [2.75, 3.05) is 4.90 Å². The molecule has 0 bridgehead atoms. The van der Waals surface area contributed by atoms with Crippen LogP contribution < -0.4 is 9.64 Å². The Morgan fingerprint density at radius 3 is 1.80 bits per heavy atom. The third-order valence-corrected chi connectivity index (χ3v) is 4.86. The molecule has 0 radical (unpaired) electrons. The van der Waals surface area contributed by atoms with Crippen LogP contribution >= 0.6 is 0 Å². The van der Waals surface area contributed by atoms with Crippen LogP contribution in [0, 0.1) is 6.92 Å². The van der Waals surface area contributed by atoms with E-state index < -0.39 is 12.2 Å². The molecule has 0 unspecified atom stereocenters. The van der Waals surface area contributed by atoms with E-state index in [1.807, 2.05) is 67.6 Å². The van der Waals surface area contributed by atoms with Crippen molar-refractivity contribution in [1.82, 2.24) is 10.2 Å². The van der Waals surface area contributed by atoms with Gasteiger partial charge in [0, 0.05) is 6.07 Å². The molecule has 0 spiro atoms. The third kappa shape index (κ3) is 6.64. The van der Waals surface area contributed by atoms with E-state index in [2.05, 4.69) is 10.2 Å². The van der Waals surface area contributed by atoms with Crippen LogP contribution in [0.1, 0.15) is 16.8 Å². The Morgan fingerprint density at radius 2 is 1.29 bits per heavy atom. The van der Waals surface area contributed by atoms with Gasteiger partial charge in [0.25, 0.3) is 0 Å². The lowest BCUT2D eigenvalue weighted by Gasteiger charge is -2.20. The van der Waals surface area contributed by atoms with Gasteiger partial charge >= 0.3 is 12.2 Å². The van der Waals surface area contributed by atoms with Crippen LogP contribution in [-0.2, 0) is 22.7 Å². The van der Waals surface area contributed by atoms with Crippen molar-refractivity contribution >= 4 is 17.9 Å². The highest BCUT2D eigenvalue weighted by Crippen LogP contribution is 2.25. The van der Waals surface area contributed by atoms with E-state index in [-0.39, 0.29) is 18.9 Å². The Kier molecular flexibility index (Phi) is 7.65. The second kappa shape index (κ2) is 11.4. The number of rotatable bonds is 7. The Balaban J connectivity index is 1.50. The lowest BCUT2D eigenvalue weighted by Crippen LogP contribution is -2.37. The first-order valence-electron chi connectivity index (χ1n) is 10.9. The van der Waals surface area contributed by atoms with Crippen molar-refractivity contribution in [2.24, 2.45) is 0 Å². The summed E-state index contributed by atoms with van der Waals surface area (Å²) in [6, 6.07) is 26.6. The van der Waals surface area contributed by atoms with E-state index in [1.54, 1.807) is 30.3 Å². The molecule has 0 saturated carbocycles. The topological polar surface area (TPSA) is 90.8 Å². The first kappa shape index (κ1) is 23.4. The maximum Gasteiger partial charge on any atom is 0.424 e. The Bertz CT molecular complexity index is 1210. The van der Waals surface area contributed by atoms with Gasteiger partial charge in [0.15, 0.2) is 0 Å². The predicted molar refractivity (Wildman–Crippen MR) is 129 cm³/mol. The number of amides is 2. The van der Waals surface area contributed by atoms with Crippen molar-refractivity contribution in [2.45, 2.75) is 20.1 Å². The number of anilines is 1. The minimum atomic E-state index is -0.852. The summed E-state index contributed by atoms with van der Waals surface area (Å²) in [6.45, 7) is 1.83. The fourth-order valence-corrected chi connectivity index (χ4v) is 3.16. The minimum Gasteiger partial charge on any atom is -0.456 e. The summed E-state index contributed by atoms with van der Waals surface area (Å²) in [5.74, 6) is 1.02. The number of carbonyl (C=O) groups excluding carboxylic acids is 2. The van der Waals surface area contributed by atoms with E-state index in [4.69, 9.17) is 14.2 Å². The van der Waals surface area contributed by atoms with Gasteiger partial charge in [-0.1, -0.05) is 60.7 Å². The normalized spacial score (nSPS) is 10.3. The molecule has 4 aromatic rings. The fourth-order valence-electron chi connectivity index (χ4n) is 3.16.